The monoisotopic (exact) mass is 832 g/mol. The van der Waals surface area contributed by atoms with Crippen LogP contribution in [0.1, 0.15) is 0 Å². The van der Waals surface area contributed by atoms with Gasteiger partial charge in [0.05, 0.1) is 27.8 Å². The standard InChI is InChI=1S/C60H40N2OSi/c1-4-18-43(19-5-1)64(44-20-6-2-7-21-44,45-22-8-3-9-23-45)46-37-35-42(36-38-46)61-54-30-14-11-26-51(54)59-55(61)31-17-32-56(59)62-53-29-13-10-24-48(53)50-28-16-27-47(60(50)62)41-34-39-58-52(40-41)49-25-12-15-33-57(49)63-58/h1-40H. The Balaban J connectivity index is 1.04. The van der Waals surface area contributed by atoms with Gasteiger partial charge >= 0.3 is 0 Å². The second kappa shape index (κ2) is 14.5. The largest absolute Gasteiger partial charge is 0.456 e. The third-order valence-corrected chi connectivity index (χ3v) is 18.3. The highest BCUT2D eigenvalue weighted by molar-refractivity contribution is 7.19. The van der Waals surface area contributed by atoms with Gasteiger partial charge in [0.2, 0.25) is 0 Å². The first kappa shape index (κ1) is 36.5. The number of nitrogens with zero attached hydrogens (tertiary/aromatic N) is 2. The van der Waals surface area contributed by atoms with Crippen molar-refractivity contribution in [2.75, 3.05) is 0 Å². The lowest BCUT2D eigenvalue weighted by Crippen LogP contribution is -2.74. The summed E-state index contributed by atoms with van der Waals surface area (Å²) in [4.78, 5) is 0. The lowest BCUT2D eigenvalue weighted by molar-refractivity contribution is 0.669. The summed E-state index contributed by atoms with van der Waals surface area (Å²) in [5, 5.41) is 12.6. The Labute approximate surface area is 371 Å². The minimum absolute atomic E-state index is 0.900. The topological polar surface area (TPSA) is 23.0 Å². The molecule has 300 valence electrons. The van der Waals surface area contributed by atoms with Crippen LogP contribution in [-0.4, -0.2) is 17.2 Å². The van der Waals surface area contributed by atoms with Gasteiger partial charge in [-0.2, -0.15) is 0 Å². The van der Waals surface area contributed by atoms with Crippen LogP contribution < -0.4 is 20.7 Å². The molecule has 3 nitrogen and oxygen atoms in total. The molecule has 0 radical (unpaired) electrons. The van der Waals surface area contributed by atoms with Crippen LogP contribution in [0.2, 0.25) is 0 Å². The van der Waals surface area contributed by atoms with Crippen molar-refractivity contribution in [2.24, 2.45) is 0 Å². The number of aromatic nitrogens is 2. The molecule has 0 aliphatic carbocycles. The summed E-state index contributed by atoms with van der Waals surface area (Å²) in [5.74, 6) is 0. The molecule has 13 aromatic rings. The van der Waals surface area contributed by atoms with Crippen LogP contribution in [0, 0.1) is 0 Å². The van der Waals surface area contributed by atoms with Crippen molar-refractivity contribution in [1.29, 1.82) is 0 Å². The maximum absolute atomic E-state index is 6.28. The van der Waals surface area contributed by atoms with Crippen LogP contribution in [0.25, 0.3) is 88.1 Å². The van der Waals surface area contributed by atoms with E-state index < -0.39 is 8.07 Å². The second-order valence-corrected chi connectivity index (χ2v) is 20.6. The zero-order chi connectivity index (χ0) is 42.2. The Kier molecular flexibility index (Phi) is 8.23. The van der Waals surface area contributed by atoms with Gasteiger partial charge in [-0.25, -0.2) is 0 Å². The number of benzene rings is 10. The highest BCUT2D eigenvalue weighted by Crippen LogP contribution is 2.43. The molecule has 64 heavy (non-hydrogen) atoms. The smallest absolute Gasteiger partial charge is 0.179 e. The predicted molar refractivity (Wildman–Crippen MR) is 271 cm³/mol. The molecule has 0 amide bonds. The lowest BCUT2D eigenvalue weighted by atomic mass is 10.00. The minimum Gasteiger partial charge on any atom is -0.456 e. The average molecular weight is 833 g/mol. The van der Waals surface area contributed by atoms with Crippen LogP contribution in [-0.2, 0) is 0 Å². The normalized spacial score (nSPS) is 12.1. The number of hydrogen-bond acceptors (Lipinski definition) is 1. The molecule has 0 spiro atoms. The number of furan rings is 1. The van der Waals surface area contributed by atoms with Gasteiger partial charge < -0.3 is 13.6 Å². The summed E-state index contributed by atoms with van der Waals surface area (Å²) in [6, 6.07) is 89.2. The summed E-state index contributed by atoms with van der Waals surface area (Å²) in [6.45, 7) is 0. The molecule has 4 heteroatoms. The molecular weight excluding hydrogens is 793 g/mol. The van der Waals surface area contributed by atoms with Gasteiger partial charge in [0, 0.05) is 43.6 Å². The molecule has 0 fully saturated rings. The van der Waals surface area contributed by atoms with E-state index >= 15 is 0 Å². The van der Waals surface area contributed by atoms with Gasteiger partial charge in [0.15, 0.2) is 8.07 Å². The van der Waals surface area contributed by atoms with Gasteiger partial charge in [-0.05, 0) is 80.9 Å². The summed E-state index contributed by atoms with van der Waals surface area (Å²) in [5.41, 5.74) is 11.1. The number of fused-ring (bicyclic) bond motifs is 9. The summed E-state index contributed by atoms with van der Waals surface area (Å²) in [7, 11) is -2.69. The van der Waals surface area contributed by atoms with E-state index in [0.29, 0.717) is 0 Å². The SMILES string of the molecule is c1ccc([Si](c2ccccc2)(c2ccccc2)c2ccc(-n3c4ccccc4c4c(-n5c6ccccc6c6cccc(-c7ccc8oc9ccccc9c8c7)c65)cccc43)cc2)cc1. The Morgan fingerprint density at radius 2 is 0.844 bits per heavy atom. The van der Waals surface area contributed by atoms with E-state index in [4.69, 9.17) is 4.42 Å². The third kappa shape index (κ3) is 5.33. The first-order valence-corrected chi connectivity index (χ1v) is 24.0. The highest BCUT2D eigenvalue weighted by Gasteiger charge is 2.41. The van der Waals surface area contributed by atoms with Gasteiger partial charge in [-0.15, -0.1) is 0 Å². The molecule has 10 aromatic carbocycles. The second-order valence-electron chi connectivity index (χ2n) is 16.8. The highest BCUT2D eigenvalue weighted by atomic mass is 28.3. The van der Waals surface area contributed by atoms with Crippen molar-refractivity contribution in [3.05, 3.63) is 243 Å². The fraction of sp³-hybridized carbons (Fsp3) is 0. The van der Waals surface area contributed by atoms with E-state index in [1.54, 1.807) is 0 Å². The Hall–Kier alpha value is -8.18. The molecule has 3 aromatic heterocycles. The van der Waals surface area contributed by atoms with Crippen LogP contribution in [0.3, 0.4) is 0 Å². The molecule has 0 saturated carbocycles. The first-order chi connectivity index (χ1) is 31.8. The first-order valence-electron chi connectivity index (χ1n) is 22.0. The van der Waals surface area contributed by atoms with Crippen LogP contribution >= 0.6 is 0 Å². The van der Waals surface area contributed by atoms with Crippen LogP contribution in [0.15, 0.2) is 247 Å². The fourth-order valence-corrected chi connectivity index (χ4v) is 15.5. The maximum atomic E-state index is 6.28. The van der Waals surface area contributed by atoms with E-state index in [2.05, 4.69) is 240 Å². The Morgan fingerprint density at radius 1 is 0.328 bits per heavy atom. The van der Waals surface area contributed by atoms with E-state index in [0.717, 1.165) is 38.9 Å². The van der Waals surface area contributed by atoms with E-state index in [-0.39, 0.29) is 0 Å². The molecule has 3 heterocycles. The quantitative estimate of drug-likeness (QED) is 0.116. The fourth-order valence-electron chi connectivity index (χ4n) is 10.8. The number of hydrogen-bond donors (Lipinski definition) is 0. The van der Waals surface area contributed by atoms with Gasteiger partial charge in [0.1, 0.15) is 11.2 Å². The Bertz CT molecular complexity index is 3790. The maximum Gasteiger partial charge on any atom is 0.179 e. The number of rotatable bonds is 7. The third-order valence-electron chi connectivity index (χ3n) is 13.5. The lowest BCUT2D eigenvalue weighted by Gasteiger charge is -2.34. The predicted octanol–water partition coefficient (Wildman–Crippen LogP) is 12.8. The van der Waals surface area contributed by atoms with E-state index in [1.165, 1.54) is 69.9 Å². The molecule has 0 unspecified atom stereocenters. The van der Waals surface area contributed by atoms with Gasteiger partial charge in [-0.3, -0.25) is 0 Å². The van der Waals surface area contributed by atoms with Crippen molar-refractivity contribution in [3.8, 4) is 22.5 Å². The zero-order valence-electron chi connectivity index (χ0n) is 34.9. The molecular formula is C60H40N2OSi. The van der Waals surface area contributed by atoms with Gasteiger partial charge in [0.25, 0.3) is 0 Å². The van der Waals surface area contributed by atoms with Crippen molar-refractivity contribution >= 4 is 94.4 Å². The van der Waals surface area contributed by atoms with Crippen molar-refractivity contribution in [2.45, 2.75) is 0 Å². The molecule has 0 N–H and O–H groups in total. The molecule has 0 aliphatic rings. The minimum atomic E-state index is -2.69. The molecule has 0 bridgehead atoms. The van der Waals surface area contributed by atoms with Crippen LogP contribution in [0.4, 0.5) is 0 Å². The number of para-hydroxylation sites is 4. The molecule has 13 rings (SSSR count). The van der Waals surface area contributed by atoms with Crippen molar-refractivity contribution < 1.29 is 4.42 Å². The van der Waals surface area contributed by atoms with Gasteiger partial charge in [-0.1, -0.05) is 188 Å². The van der Waals surface area contributed by atoms with Crippen LogP contribution in [0.5, 0.6) is 0 Å². The van der Waals surface area contributed by atoms with E-state index in [9.17, 15) is 0 Å². The molecule has 0 atom stereocenters. The van der Waals surface area contributed by atoms with E-state index in [1.807, 2.05) is 12.1 Å². The molecule has 0 saturated heterocycles. The summed E-state index contributed by atoms with van der Waals surface area (Å²) >= 11 is 0. The Morgan fingerprint density at radius 3 is 1.53 bits per heavy atom. The zero-order valence-corrected chi connectivity index (χ0v) is 35.9. The summed E-state index contributed by atoms with van der Waals surface area (Å²) in [6.07, 6.45) is 0. The average Bonchev–Trinajstić information content (AvgIpc) is 4.03. The molecule has 0 aliphatic heterocycles. The van der Waals surface area contributed by atoms with Crippen molar-refractivity contribution in [3.63, 3.8) is 0 Å². The van der Waals surface area contributed by atoms with Crippen molar-refractivity contribution in [1.82, 2.24) is 9.13 Å². The summed E-state index contributed by atoms with van der Waals surface area (Å²) < 4.78 is 11.3.